The molecule has 108 valence electrons. The van der Waals surface area contributed by atoms with Crippen molar-refractivity contribution in [3.8, 4) is 0 Å². The maximum Gasteiger partial charge on any atom is 0.280 e. The van der Waals surface area contributed by atoms with Crippen LogP contribution in [0.3, 0.4) is 0 Å². The van der Waals surface area contributed by atoms with Crippen molar-refractivity contribution in [3.05, 3.63) is 0 Å². The fraction of sp³-hybridized carbons (Fsp3) is 1.00. The molecule has 1 heterocycles. The van der Waals surface area contributed by atoms with E-state index in [0.29, 0.717) is 6.54 Å². The molecular weight excluding hydrogens is 256 g/mol. The second kappa shape index (κ2) is 6.81. The summed E-state index contributed by atoms with van der Waals surface area (Å²) in [6.07, 6.45) is 2.33. The van der Waals surface area contributed by atoms with Crippen molar-refractivity contribution < 1.29 is 17.9 Å². The van der Waals surface area contributed by atoms with E-state index in [1.54, 1.807) is 6.92 Å². The third kappa shape index (κ3) is 3.89. The number of methoxy groups -OCH3 is 2. The van der Waals surface area contributed by atoms with Gasteiger partial charge in [0.25, 0.3) is 10.2 Å². The molecule has 0 spiro atoms. The van der Waals surface area contributed by atoms with E-state index in [1.807, 2.05) is 6.92 Å². The first-order valence-electron chi connectivity index (χ1n) is 6.27. The number of nitrogens with one attached hydrogen (secondary N) is 1. The molecule has 7 heteroatoms. The smallest absolute Gasteiger partial charge is 0.280 e. The van der Waals surface area contributed by atoms with Gasteiger partial charge in [-0.1, -0.05) is 6.42 Å². The minimum atomic E-state index is -3.47. The van der Waals surface area contributed by atoms with Crippen molar-refractivity contribution in [3.63, 3.8) is 0 Å². The van der Waals surface area contributed by atoms with Crippen LogP contribution in [0, 0.1) is 0 Å². The van der Waals surface area contributed by atoms with E-state index in [0.717, 1.165) is 19.3 Å². The molecule has 18 heavy (non-hydrogen) atoms. The number of hydrogen-bond donors (Lipinski definition) is 1. The molecule has 1 saturated heterocycles. The van der Waals surface area contributed by atoms with E-state index in [4.69, 9.17) is 9.47 Å². The lowest BCUT2D eigenvalue weighted by molar-refractivity contribution is -0.116. The van der Waals surface area contributed by atoms with Crippen molar-refractivity contribution in [2.45, 2.75) is 51.5 Å². The summed E-state index contributed by atoms with van der Waals surface area (Å²) in [4.78, 5) is 0. The highest BCUT2D eigenvalue weighted by Gasteiger charge is 2.32. The monoisotopic (exact) mass is 280 g/mol. The lowest BCUT2D eigenvalue weighted by atomic mass is 10.1. The van der Waals surface area contributed by atoms with Crippen LogP contribution in [0.1, 0.15) is 33.1 Å². The molecule has 6 nitrogen and oxygen atoms in total. The molecule has 0 bridgehead atoms. The Morgan fingerprint density at radius 1 is 1.28 bits per heavy atom. The van der Waals surface area contributed by atoms with E-state index < -0.39 is 22.5 Å². The fourth-order valence-corrected chi connectivity index (χ4v) is 3.96. The Morgan fingerprint density at radius 2 is 1.89 bits per heavy atom. The van der Waals surface area contributed by atoms with Crippen molar-refractivity contribution >= 4 is 10.2 Å². The Balaban J connectivity index is 2.68. The zero-order chi connectivity index (χ0) is 13.8. The van der Waals surface area contributed by atoms with Gasteiger partial charge in [0.05, 0.1) is 6.04 Å². The zero-order valence-corrected chi connectivity index (χ0v) is 12.4. The predicted molar refractivity (Wildman–Crippen MR) is 69.3 cm³/mol. The number of ether oxygens (including phenoxy) is 2. The molecule has 2 atom stereocenters. The number of nitrogens with zero attached hydrogens (tertiary/aromatic N) is 1. The van der Waals surface area contributed by atoms with Gasteiger partial charge in [-0.15, -0.1) is 0 Å². The van der Waals surface area contributed by atoms with Gasteiger partial charge in [-0.3, -0.25) is 0 Å². The summed E-state index contributed by atoms with van der Waals surface area (Å²) in [7, 11) is -0.496. The van der Waals surface area contributed by atoms with Crippen LogP contribution < -0.4 is 4.72 Å². The SMILES string of the molecule is COC(OC)C(C)NS(=O)(=O)N1CCCCC1C. The van der Waals surface area contributed by atoms with Crippen molar-refractivity contribution in [2.75, 3.05) is 20.8 Å². The highest BCUT2D eigenvalue weighted by atomic mass is 32.2. The molecule has 1 fully saturated rings. The fourth-order valence-electron chi connectivity index (χ4n) is 2.29. The quantitative estimate of drug-likeness (QED) is 0.727. The van der Waals surface area contributed by atoms with Gasteiger partial charge in [-0.25, -0.2) is 0 Å². The number of piperidine rings is 1. The summed E-state index contributed by atoms with van der Waals surface area (Å²) in [5.41, 5.74) is 0. The summed E-state index contributed by atoms with van der Waals surface area (Å²) in [5, 5.41) is 0. The summed E-state index contributed by atoms with van der Waals surface area (Å²) >= 11 is 0. The first-order chi connectivity index (χ1) is 8.42. The van der Waals surface area contributed by atoms with Gasteiger partial charge in [0.15, 0.2) is 6.29 Å². The molecule has 1 N–H and O–H groups in total. The number of hydrogen-bond acceptors (Lipinski definition) is 4. The molecule has 0 saturated carbocycles. The molecule has 1 aliphatic heterocycles. The molecule has 0 aromatic rings. The largest absolute Gasteiger partial charge is 0.354 e. The maximum absolute atomic E-state index is 12.2. The summed E-state index contributed by atoms with van der Waals surface area (Å²) in [5.74, 6) is 0. The second-order valence-electron chi connectivity index (χ2n) is 4.71. The van der Waals surface area contributed by atoms with Crippen LogP contribution >= 0.6 is 0 Å². The highest BCUT2D eigenvalue weighted by molar-refractivity contribution is 7.87. The van der Waals surface area contributed by atoms with Gasteiger partial charge in [-0.05, 0) is 26.7 Å². The third-order valence-electron chi connectivity index (χ3n) is 3.26. The van der Waals surface area contributed by atoms with Gasteiger partial charge in [0, 0.05) is 26.8 Å². The lowest BCUT2D eigenvalue weighted by Gasteiger charge is -2.34. The average molecular weight is 280 g/mol. The normalized spacial score (nSPS) is 24.4. The lowest BCUT2D eigenvalue weighted by Crippen LogP contribution is -2.52. The second-order valence-corrected chi connectivity index (χ2v) is 6.36. The average Bonchev–Trinajstić information content (AvgIpc) is 2.30. The first kappa shape index (κ1) is 15.8. The van der Waals surface area contributed by atoms with Gasteiger partial charge in [0.1, 0.15) is 0 Å². The van der Waals surface area contributed by atoms with E-state index in [1.165, 1.54) is 18.5 Å². The predicted octanol–water partition coefficient (Wildman–Crippen LogP) is 0.703. The van der Waals surface area contributed by atoms with E-state index in [-0.39, 0.29) is 6.04 Å². The van der Waals surface area contributed by atoms with Crippen LogP contribution in [0.5, 0.6) is 0 Å². The van der Waals surface area contributed by atoms with Crippen LogP contribution in [0.4, 0.5) is 0 Å². The summed E-state index contributed by atoms with van der Waals surface area (Å²) < 4.78 is 38.7. The zero-order valence-electron chi connectivity index (χ0n) is 11.5. The van der Waals surface area contributed by atoms with Crippen LogP contribution in [-0.4, -0.2) is 51.9 Å². The van der Waals surface area contributed by atoms with Gasteiger partial charge < -0.3 is 9.47 Å². The first-order valence-corrected chi connectivity index (χ1v) is 7.71. The van der Waals surface area contributed by atoms with Gasteiger partial charge >= 0.3 is 0 Å². The molecular formula is C11H24N2O4S. The summed E-state index contributed by atoms with van der Waals surface area (Å²) in [6, 6.07) is -0.383. The Hall–Kier alpha value is -0.210. The molecule has 0 aliphatic carbocycles. The van der Waals surface area contributed by atoms with Crippen LogP contribution in [0.2, 0.25) is 0 Å². The Bertz CT molecular complexity index is 343. The number of rotatable bonds is 6. The minimum absolute atomic E-state index is 0.0481. The maximum atomic E-state index is 12.2. The van der Waals surface area contributed by atoms with Gasteiger partial charge in [-0.2, -0.15) is 17.4 Å². The molecule has 1 aliphatic rings. The van der Waals surface area contributed by atoms with E-state index in [2.05, 4.69) is 4.72 Å². The molecule has 0 amide bonds. The third-order valence-corrected chi connectivity index (χ3v) is 5.09. The van der Waals surface area contributed by atoms with Crippen LogP contribution in [-0.2, 0) is 19.7 Å². The molecule has 0 radical (unpaired) electrons. The van der Waals surface area contributed by atoms with Crippen molar-refractivity contribution in [2.24, 2.45) is 0 Å². The minimum Gasteiger partial charge on any atom is -0.354 e. The van der Waals surface area contributed by atoms with Gasteiger partial charge in [0.2, 0.25) is 0 Å². The Kier molecular flexibility index (Phi) is 6.00. The standard InChI is InChI=1S/C11H24N2O4S/c1-9-7-5-6-8-13(9)18(14,15)12-10(2)11(16-3)17-4/h9-12H,5-8H2,1-4H3. The molecule has 0 aromatic carbocycles. The Morgan fingerprint density at radius 3 is 2.39 bits per heavy atom. The highest BCUT2D eigenvalue weighted by Crippen LogP contribution is 2.19. The summed E-state index contributed by atoms with van der Waals surface area (Å²) in [6.45, 7) is 4.24. The Labute approximate surface area is 110 Å². The molecule has 1 rings (SSSR count). The van der Waals surface area contributed by atoms with E-state index >= 15 is 0 Å². The molecule has 2 unspecified atom stereocenters. The van der Waals surface area contributed by atoms with Crippen LogP contribution in [0.15, 0.2) is 0 Å². The van der Waals surface area contributed by atoms with E-state index in [9.17, 15) is 8.42 Å². The molecule has 0 aromatic heterocycles. The van der Waals surface area contributed by atoms with Crippen molar-refractivity contribution in [1.29, 1.82) is 0 Å². The topological polar surface area (TPSA) is 67.9 Å². The van der Waals surface area contributed by atoms with Crippen molar-refractivity contribution in [1.82, 2.24) is 9.03 Å². The van der Waals surface area contributed by atoms with Crippen LogP contribution in [0.25, 0.3) is 0 Å².